The Kier molecular flexibility index (Phi) is 1.84. The van der Waals surface area contributed by atoms with E-state index in [4.69, 9.17) is 4.89 Å². The van der Waals surface area contributed by atoms with Crippen molar-refractivity contribution in [3.63, 3.8) is 0 Å². The van der Waals surface area contributed by atoms with Gasteiger partial charge < -0.3 is 9.63 Å². The third-order valence-corrected chi connectivity index (χ3v) is 2.32. The summed E-state index contributed by atoms with van der Waals surface area (Å²) in [6.45, 7) is 1.26. The first-order chi connectivity index (χ1) is 4.47. The molecule has 0 aliphatic carbocycles. The summed E-state index contributed by atoms with van der Waals surface area (Å²) in [6, 6.07) is 0. The van der Waals surface area contributed by atoms with Gasteiger partial charge in [0.15, 0.2) is 0 Å². The summed E-state index contributed by atoms with van der Waals surface area (Å²) in [7, 11) is -2.99. The normalized spacial score (nSPS) is 30.2. The Bertz CT molecular complexity index is 186. The quantitative estimate of drug-likeness (QED) is 0.467. The first-order valence-electron chi connectivity index (χ1n) is 2.96. The summed E-state index contributed by atoms with van der Waals surface area (Å²) in [5.41, 5.74) is 0. The van der Waals surface area contributed by atoms with Crippen molar-refractivity contribution in [2.75, 3.05) is 12.8 Å². The van der Waals surface area contributed by atoms with E-state index in [0.717, 1.165) is 0 Å². The molecule has 1 saturated heterocycles. The fourth-order valence-electron chi connectivity index (χ4n) is 0.842. The van der Waals surface area contributed by atoms with Crippen LogP contribution in [-0.2, 0) is 14.1 Å². The Hall–Kier alpha value is -0.340. The smallest absolute Gasteiger partial charge is 0.309 e. The fourth-order valence-corrected chi connectivity index (χ4v) is 1.80. The van der Waals surface area contributed by atoms with Crippen molar-refractivity contribution in [3.8, 4) is 0 Å². The maximum Gasteiger partial charge on any atom is 0.309 e. The molecule has 0 aromatic carbocycles. The van der Waals surface area contributed by atoms with E-state index in [2.05, 4.69) is 4.74 Å². The van der Waals surface area contributed by atoms with Crippen LogP contribution in [0.15, 0.2) is 0 Å². The van der Waals surface area contributed by atoms with Gasteiger partial charge >= 0.3 is 5.97 Å². The van der Waals surface area contributed by atoms with E-state index in [1.165, 1.54) is 6.66 Å². The minimum atomic E-state index is -2.99. The SMILES string of the molecule is CP(=O)(O)CC1CC(=O)O1. The summed E-state index contributed by atoms with van der Waals surface area (Å²) in [5.74, 6) is -0.279. The van der Waals surface area contributed by atoms with Gasteiger partial charge in [0, 0.05) is 6.66 Å². The average molecular weight is 164 g/mol. The molecule has 5 heteroatoms. The third kappa shape index (κ3) is 2.12. The van der Waals surface area contributed by atoms with E-state index in [-0.39, 0.29) is 18.2 Å². The molecule has 0 aromatic heterocycles. The van der Waals surface area contributed by atoms with Gasteiger partial charge in [0.05, 0.1) is 12.6 Å². The molecule has 4 nitrogen and oxygen atoms in total. The maximum absolute atomic E-state index is 10.7. The van der Waals surface area contributed by atoms with Crippen molar-refractivity contribution >= 4 is 13.3 Å². The van der Waals surface area contributed by atoms with Crippen molar-refractivity contribution in [3.05, 3.63) is 0 Å². The van der Waals surface area contributed by atoms with Crippen LogP contribution in [0.5, 0.6) is 0 Å². The lowest BCUT2D eigenvalue weighted by Gasteiger charge is -2.25. The first kappa shape index (κ1) is 7.76. The third-order valence-electron chi connectivity index (χ3n) is 1.23. The number of esters is 1. The van der Waals surface area contributed by atoms with Gasteiger partial charge in [-0.05, 0) is 0 Å². The molecule has 1 rings (SSSR count). The lowest BCUT2D eigenvalue weighted by molar-refractivity contribution is -0.166. The zero-order valence-corrected chi connectivity index (χ0v) is 6.51. The molecule has 1 aliphatic rings. The number of cyclic esters (lactones) is 1. The molecule has 0 saturated carbocycles. The highest BCUT2D eigenvalue weighted by Gasteiger charge is 2.32. The molecule has 1 heterocycles. The standard InChI is InChI=1S/C5H9O4P/c1-10(7,8)3-4-2-5(6)9-4/h4H,2-3H2,1H3,(H,7,8). The Balaban J connectivity index is 2.29. The Labute approximate surface area is 58.6 Å². The molecule has 1 fully saturated rings. The van der Waals surface area contributed by atoms with Crippen molar-refractivity contribution < 1.29 is 19.0 Å². The number of ether oxygens (including phenoxy) is 1. The molecule has 2 unspecified atom stereocenters. The minimum absolute atomic E-state index is 0.0960. The molecular formula is C5H9O4P. The molecule has 0 spiro atoms. The molecule has 0 bridgehead atoms. The summed E-state index contributed by atoms with van der Waals surface area (Å²) in [4.78, 5) is 19.0. The zero-order chi connectivity index (χ0) is 7.78. The van der Waals surface area contributed by atoms with Gasteiger partial charge in [-0.15, -0.1) is 0 Å². The van der Waals surface area contributed by atoms with E-state index in [1.807, 2.05) is 0 Å². The Morgan fingerprint density at radius 3 is 2.70 bits per heavy atom. The largest absolute Gasteiger partial charge is 0.461 e. The number of hydrogen-bond donors (Lipinski definition) is 1. The molecule has 0 radical (unpaired) electrons. The van der Waals surface area contributed by atoms with Gasteiger partial charge in [0.25, 0.3) is 0 Å². The van der Waals surface area contributed by atoms with E-state index < -0.39 is 7.37 Å². The van der Waals surface area contributed by atoms with Crippen molar-refractivity contribution in [2.24, 2.45) is 0 Å². The monoisotopic (exact) mass is 164 g/mol. The van der Waals surface area contributed by atoms with Crippen LogP contribution < -0.4 is 0 Å². The molecule has 1 N–H and O–H groups in total. The van der Waals surface area contributed by atoms with Crippen molar-refractivity contribution in [2.45, 2.75) is 12.5 Å². The molecule has 1 aliphatic heterocycles. The molecule has 10 heavy (non-hydrogen) atoms. The van der Waals surface area contributed by atoms with Gasteiger partial charge in [0.2, 0.25) is 7.37 Å². The summed E-state index contributed by atoms with van der Waals surface area (Å²) in [6.07, 6.45) is 0.0743. The zero-order valence-electron chi connectivity index (χ0n) is 5.61. The van der Waals surface area contributed by atoms with E-state index in [0.29, 0.717) is 6.42 Å². The van der Waals surface area contributed by atoms with Gasteiger partial charge in [-0.2, -0.15) is 0 Å². The Morgan fingerprint density at radius 1 is 1.90 bits per heavy atom. The second-order valence-electron chi connectivity index (χ2n) is 2.55. The second kappa shape index (κ2) is 2.36. The highest BCUT2D eigenvalue weighted by atomic mass is 31.2. The van der Waals surface area contributed by atoms with Crippen LogP contribution in [0.4, 0.5) is 0 Å². The van der Waals surface area contributed by atoms with Crippen LogP contribution in [-0.4, -0.2) is 29.8 Å². The van der Waals surface area contributed by atoms with Gasteiger partial charge in [0.1, 0.15) is 6.10 Å². The predicted octanol–water partition coefficient (Wildman–Crippen LogP) is 0.202. The van der Waals surface area contributed by atoms with Crippen LogP contribution >= 0.6 is 7.37 Å². The average Bonchev–Trinajstić information content (AvgIpc) is 1.57. The van der Waals surface area contributed by atoms with Crippen molar-refractivity contribution in [1.82, 2.24) is 0 Å². The molecular weight excluding hydrogens is 155 g/mol. The topological polar surface area (TPSA) is 63.6 Å². The van der Waals surface area contributed by atoms with Crippen molar-refractivity contribution in [1.29, 1.82) is 0 Å². The summed E-state index contributed by atoms with van der Waals surface area (Å²) >= 11 is 0. The Morgan fingerprint density at radius 2 is 2.40 bits per heavy atom. The second-order valence-corrected chi connectivity index (χ2v) is 5.02. The van der Waals surface area contributed by atoms with Crippen LogP contribution in [0.2, 0.25) is 0 Å². The minimum Gasteiger partial charge on any atom is -0.461 e. The van der Waals surface area contributed by atoms with Gasteiger partial charge in [-0.25, -0.2) is 0 Å². The first-order valence-corrected chi connectivity index (χ1v) is 5.25. The van der Waals surface area contributed by atoms with E-state index >= 15 is 0 Å². The molecule has 2 atom stereocenters. The van der Waals surface area contributed by atoms with Crippen LogP contribution in [0, 0.1) is 0 Å². The predicted molar refractivity (Wildman–Crippen MR) is 35.1 cm³/mol. The fraction of sp³-hybridized carbons (Fsp3) is 0.800. The van der Waals surface area contributed by atoms with E-state index in [9.17, 15) is 9.36 Å². The van der Waals surface area contributed by atoms with Crippen LogP contribution in [0.3, 0.4) is 0 Å². The van der Waals surface area contributed by atoms with E-state index in [1.54, 1.807) is 0 Å². The number of carbonyl (C=O) groups is 1. The molecule has 58 valence electrons. The van der Waals surface area contributed by atoms with Gasteiger partial charge in [-0.1, -0.05) is 0 Å². The van der Waals surface area contributed by atoms with Crippen LogP contribution in [0.25, 0.3) is 0 Å². The number of rotatable bonds is 2. The lowest BCUT2D eigenvalue weighted by Crippen LogP contribution is -2.35. The van der Waals surface area contributed by atoms with Gasteiger partial charge in [-0.3, -0.25) is 9.36 Å². The summed E-state index contributed by atoms with van der Waals surface area (Å²) in [5, 5.41) is 0. The molecule has 0 amide bonds. The highest BCUT2D eigenvalue weighted by Crippen LogP contribution is 2.38. The molecule has 0 aromatic rings. The maximum atomic E-state index is 10.7. The summed E-state index contributed by atoms with van der Waals surface area (Å²) < 4.78 is 15.2. The van der Waals surface area contributed by atoms with Crippen LogP contribution in [0.1, 0.15) is 6.42 Å². The number of hydrogen-bond acceptors (Lipinski definition) is 3. The lowest BCUT2D eigenvalue weighted by atomic mass is 10.2. The highest BCUT2D eigenvalue weighted by molar-refractivity contribution is 7.57. The number of carbonyl (C=O) groups excluding carboxylic acids is 1.